The normalized spacial score (nSPS) is 11.2. The predicted octanol–water partition coefficient (Wildman–Crippen LogP) is 7.46. The molecule has 0 aliphatic heterocycles. The van der Waals surface area contributed by atoms with Crippen molar-refractivity contribution < 1.29 is 22.7 Å². The highest BCUT2D eigenvalue weighted by Crippen LogP contribution is 2.37. The van der Waals surface area contributed by atoms with Crippen molar-refractivity contribution >= 4 is 29.2 Å². The van der Waals surface area contributed by atoms with E-state index in [9.17, 15) is 18.0 Å². The van der Waals surface area contributed by atoms with Crippen molar-refractivity contribution in [3.05, 3.63) is 84.4 Å². The van der Waals surface area contributed by atoms with Crippen LogP contribution in [-0.4, -0.2) is 26.5 Å². The number of halogens is 3. The molecule has 37 heavy (non-hydrogen) atoms. The van der Waals surface area contributed by atoms with Crippen molar-refractivity contribution in [1.29, 1.82) is 0 Å². The first kappa shape index (κ1) is 26.0. The Morgan fingerprint density at radius 1 is 0.973 bits per heavy atom. The Kier molecular flexibility index (Phi) is 7.92. The van der Waals surface area contributed by atoms with Crippen molar-refractivity contribution in [2.75, 3.05) is 10.6 Å². The van der Waals surface area contributed by atoms with Gasteiger partial charge >= 0.3 is 11.5 Å². The number of ether oxygens (including phenoxy) is 1. The minimum absolute atomic E-state index is 0.0237. The Labute approximate surface area is 215 Å². The summed E-state index contributed by atoms with van der Waals surface area (Å²) < 4.78 is 43.9. The summed E-state index contributed by atoms with van der Waals surface area (Å²) in [6, 6.07) is 15.5. The molecule has 190 valence electrons. The Hall–Kier alpha value is -4.12. The highest BCUT2D eigenvalue weighted by Gasteiger charge is 2.29. The molecule has 0 saturated carbocycles. The van der Waals surface area contributed by atoms with Gasteiger partial charge in [0.2, 0.25) is 5.88 Å². The summed E-state index contributed by atoms with van der Waals surface area (Å²) >= 11 is -0.246. The molecule has 2 amide bonds. The molecule has 2 N–H and O–H groups in total. The second kappa shape index (κ2) is 11.3. The van der Waals surface area contributed by atoms with Gasteiger partial charge in [0.25, 0.3) is 0 Å². The van der Waals surface area contributed by atoms with E-state index in [1.807, 2.05) is 19.9 Å². The maximum Gasteiger partial charge on any atom is 0.446 e. The molecule has 0 aliphatic carbocycles. The average Bonchev–Trinajstić information content (AvgIpc) is 2.85. The third-order valence-electron chi connectivity index (χ3n) is 5.03. The summed E-state index contributed by atoms with van der Waals surface area (Å²) in [4.78, 5) is 25.5. The summed E-state index contributed by atoms with van der Waals surface area (Å²) in [6.07, 6.45) is 4.02. The molecular weight excluding hydrogens is 503 g/mol. The molecule has 0 aliphatic rings. The van der Waals surface area contributed by atoms with Crippen LogP contribution in [0.25, 0.3) is 11.3 Å². The van der Waals surface area contributed by atoms with Gasteiger partial charge in [-0.1, -0.05) is 13.0 Å². The van der Waals surface area contributed by atoms with Crippen molar-refractivity contribution in [1.82, 2.24) is 15.0 Å². The van der Waals surface area contributed by atoms with Crippen LogP contribution in [0.3, 0.4) is 0 Å². The van der Waals surface area contributed by atoms with E-state index in [0.717, 1.165) is 5.56 Å². The Morgan fingerprint density at radius 2 is 1.76 bits per heavy atom. The molecule has 7 nitrogen and oxygen atoms in total. The molecular formula is C26H22F3N5O2S. The number of rotatable bonds is 7. The lowest BCUT2D eigenvalue weighted by Crippen LogP contribution is -2.19. The number of alkyl halides is 3. The molecule has 0 spiro atoms. The fraction of sp³-hybridized carbons (Fsp3) is 0.154. The number of benzene rings is 2. The van der Waals surface area contributed by atoms with Gasteiger partial charge in [0.05, 0.1) is 11.3 Å². The third kappa shape index (κ3) is 7.20. The second-order valence-electron chi connectivity index (χ2n) is 7.80. The summed E-state index contributed by atoms with van der Waals surface area (Å²) in [6.45, 7) is 3.79. The predicted molar refractivity (Wildman–Crippen MR) is 137 cm³/mol. The van der Waals surface area contributed by atoms with Gasteiger partial charge in [-0.2, -0.15) is 13.2 Å². The van der Waals surface area contributed by atoms with Crippen molar-refractivity contribution in [3.8, 4) is 22.9 Å². The number of nitrogens with zero attached hydrogens (tertiary/aromatic N) is 3. The van der Waals surface area contributed by atoms with Crippen LogP contribution in [0.2, 0.25) is 0 Å². The van der Waals surface area contributed by atoms with Crippen molar-refractivity contribution in [2.24, 2.45) is 0 Å². The number of anilines is 2. The van der Waals surface area contributed by atoms with Crippen LogP contribution in [0, 0.1) is 6.92 Å². The van der Waals surface area contributed by atoms with Crippen LogP contribution in [0.5, 0.6) is 11.6 Å². The maximum absolute atomic E-state index is 12.6. The number of urea groups is 1. The number of aromatic nitrogens is 3. The SMILES string of the molecule is CCc1nccc(-c2cccnc2Oc2ccc(NC(=O)Nc3cccc(SC(F)(F)F)c3)cc2C)n1. The van der Waals surface area contributed by atoms with E-state index in [-0.39, 0.29) is 22.3 Å². The lowest BCUT2D eigenvalue weighted by Gasteiger charge is -2.14. The molecule has 0 fully saturated rings. The third-order valence-corrected chi connectivity index (χ3v) is 5.75. The average molecular weight is 526 g/mol. The van der Waals surface area contributed by atoms with Gasteiger partial charge in [0.1, 0.15) is 11.6 Å². The van der Waals surface area contributed by atoms with Crippen LogP contribution in [0.1, 0.15) is 18.3 Å². The van der Waals surface area contributed by atoms with E-state index in [1.165, 1.54) is 24.3 Å². The summed E-state index contributed by atoms with van der Waals surface area (Å²) in [7, 11) is 0. The van der Waals surface area contributed by atoms with Crippen LogP contribution in [-0.2, 0) is 6.42 Å². The van der Waals surface area contributed by atoms with E-state index in [2.05, 4.69) is 25.6 Å². The number of hydrogen-bond donors (Lipinski definition) is 2. The molecule has 2 aromatic heterocycles. The Balaban J connectivity index is 1.45. The molecule has 0 bridgehead atoms. The van der Waals surface area contributed by atoms with E-state index < -0.39 is 11.5 Å². The van der Waals surface area contributed by atoms with Crippen LogP contribution in [0.4, 0.5) is 29.3 Å². The highest BCUT2D eigenvalue weighted by molar-refractivity contribution is 8.00. The largest absolute Gasteiger partial charge is 0.446 e. The van der Waals surface area contributed by atoms with Crippen molar-refractivity contribution in [3.63, 3.8) is 0 Å². The number of aryl methyl sites for hydroxylation is 2. The summed E-state index contributed by atoms with van der Waals surface area (Å²) in [5, 5.41) is 5.21. The summed E-state index contributed by atoms with van der Waals surface area (Å²) in [5.41, 5.74) is -1.55. The van der Waals surface area contributed by atoms with Gasteiger partial charge in [-0.05, 0) is 78.8 Å². The number of carbonyl (C=O) groups is 1. The van der Waals surface area contributed by atoms with E-state index in [0.29, 0.717) is 40.8 Å². The van der Waals surface area contributed by atoms with E-state index >= 15 is 0 Å². The Morgan fingerprint density at radius 3 is 2.49 bits per heavy atom. The number of hydrogen-bond acceptors (Lipinski definition) is 6. The number of amides is 2. The smallest absolute Gasteiger partial charge is 0.438 e. The molecule has 11 heteroatoms. The molecule has 0 unspecified atom stereocenters. The summed E-state index contributed by atoms with van der Waals surface area (Å²) in [5.74, 6) is 1.62. The fourth-order valence-corrected chi connectivity index (χ4v) is 4.00. The number of nitrogens with one attached hydrogen (secondary N) is 2. The maximum atomic E-state index is 12.6. The monoisotopic (exact) mass is 525 g/mol. The second-order valence-corrected chi connectivity index (χ2v) is 8.94. The molecule has 4 rings (SSSR count). The first-order valence-corrected chi connectivity index (χ1v) is 12.0. The van der Waals surface area contributed by atoms with E-state index in [1.54, 1.807) is 42.7 Å². The minimum atomic E-state index is -4.41. The first-order chi connectivity index (χ1) is 17.7. The zero-order valence-corrected chi connectivity index (χ0v) is 20.7. The van der Waals surface area contributed by atoms with Crippen molar-refractivity contribution in [2.45, 2.75) is 30.7 Å². The first-order valence-electron chi connectivity index (χ1n) is 11.2. The van der Waals surface area contributed by atoms with Gasteiger partial charge in [-0.15, -0.1) is 0 Å². The molecule has 2 aromatic carbocycles. The van der Waals surface area contributed by atoms with Crippen LogP contribution < -0.4 is 15.4 Å². The number of carbonyl (C=O) groups excluding carboxylic acids is 1. The highest BCUT2D eigenvalue weighted by atomic mass is 32.2. The molecule has 4 aromatic rings. The molecule has 0 atom stereocenters. The molecule has 0 saturated heterocycles. The standard InChI is InChI=1S/C26H22F3N5O2S/c1-3-23-30-13-11-21(34-23)20-8-5-12-31-24(20)36-22-10-9-18(14-16(22)2)33-25(35)32-17-6-4-7-19(15-17)37-26(27,28)29/h4-15H,3H2,1-2H3,(H2,32,33,35). The van der Waals surface area contributed by atoms with Gasteiger partial charge < -0.3 is 15.4 Å². The van der Waals surface area contributed by atoms with Gasteiger partial charge in [0.15, 0.2) is 0 Å². The zero-order valence-electron chi connectivity index (χ0n) is 19.8. The quantitative estimate of drug-likeness (QED) is 0.244. The van der Waals surface area contributed by atoms with Crippen LogP contribution >= 0.6 is 11.8 Å². The lowest BCUT2D eigenvalue weighted by atomic mass is 10.1. The van der Waals surface area contributed by atoms with E-state index in [4.69, 9.17) is 4.74 Å². The fourth-order valence-electron chi connectivity index (χ4n) is 3.40. The van der Waals surface area contributed by atoms with Gasteiger partial charge in [0, 0.05) is 35.1 Å². The van der Waals surface area contributed by atoms with Crippen LogP contribution in [0.15, 0.2) is 78.0 Å². The number of thioether (sulfide) groups is 1. The van der Waals surface area contributed by atoms with Gasteiger partial charge in [-0.3, -0.25) is 0 Å². The zero-order chi connectivity index (χ0) is 26.4. The Bertz CT molecular complexity index is 1420. The minimum Gasteiger partial charge on any atom is -0.438 e. The molecule has 0 radical (unpaired) electrons. The topological polar surface area (TPSA) is 89.0 Å². The lowest BCUT2D eigenvalue weighted by molar-refractivity contribution is -0.0328. The van der Waals surface area contributed by atoms with Gasteiger partial charge in [-0.25, -0.2) is 19.7 Å². The number of pyridine rings is 1. The molecule has 2 heterocycles.